The van der Waals surface area contributed by atoms with Gasteiger partial charge in [-0.15, -0.1) is 0 Å². The minimum absolute atomic E-state index is 0.206. The van der Waals surface area contributed by atoms with Gasteiger partial charge in [0.25, 0.3) is 0 Å². The van der Waals surface area contributed by atoms with E-state index in [1.807, 2.05) is 6.92 Å². The maximum absolute atomic E-state index is 11.0. The van der Waals surface area contributed by atoms with Crippen molar-refractivity contribution in [1.82, 2.24) is 9.97 Å². The first kappa shape index (κ1) is 11.8. The first-order valence-electron chi connectivity index (χ1n) is 5.30. The van der Waals surface area contributed by atoms with Gasteiger partial charge in [0.05, 0.1) is 5.71 Å². The van der Waals surface area contributed by atoms with Crippen molar-refractivity contribution >= 4 is 11.5 Å². The second-order valence-electron chi connectivity index (χ2n) is 3.64. The molecule has 2 aromatic rings. The van der Waals surface area contributed by atoms with Crippen LogP contribution >= 0.6 is 0 Å². The van der Waals surface area contributed by atoms with Crippen molar-refractivity contribution in [2.75, 3.05) is 5.43 Å². The predicted molar refractivity (Wildman–Crippen MR) is 68.8 cm³/mol. The van der Waals surface area contributed by atoms with Gasteiger partial charge in [-0.3, -0.25) is 10.4 Å². The molecule has 0 saturated carbocycles. The van der Waals surface area contributed by atoms with Gasteiger partial charge in [-0.2, -0.15) is 5.10 Å². The summed E-state index contributed by atoms with van der Waals surface area (Å²) in [7, 11) is 0. The molecule has 1 aromatic heterocycles. The van der Waals surface area contributed by atoms with E-state index in [4.69, 9.17) is 0 Å². The summed E-state index contributed by atoms with van der Waals surface area (Å²) in [5, 5.41) is 13.3. The zero-order chi connectivity index (χ0) is 13.0. The molecule has 92 valence electrons. The first-order chi connectivity index (χ1) is 8.65. The van der Waals surface area contributed by atoms with Crippen molar-refractivity contribution in [2.45, 2.75) is 6.92 Å². The lowest BCUT2D eigenvalue weighted by Gasteiger charge is -2.03. The molecule has 0 saturated heterocycles. The Bertz CT molecular complexity index is 616. The number of nitrogens with zero attached hydrogens (tertiary/aromatic N) is 2. The number of aromatic amines is 1. The van der Waals surface area contributed by atoms with Crippen LogP contribution in [0.3, 0.4) is 0 Å². The van der Waals surface area contributed by atoms with Gasteiger partial charge in [0.1, 0.15) is 11.6 Å². The molecule has 0 aliphatic carbocycles. The molecular formula is C12H12N4O2. The van der Waals surface area contributed by atoms with Gasteiger partial charge in [0.2, 0.25) is 0 Å². The van der Waals surface area contributed by atoms with Gasteiger partial charge < -0.3 is 5.11 Å². The fourth-order valence-corrected chi connectivity index (χ4v) is 1.35. The molecule has 6 heteroatoms. The highest BCUT2D eigenvalue weighted by Crippen LogP contribution is 2.10. The molecular weight excluding hydrogens is 232 g/mol. The topological polar surface area (TPSA) is 90.4 Å². The third-order valence-electron chi connectivity index (χ3n) is 2.30. The summed E-state index contributed by atoms with van der Waals surface area (Å²) in [5.41, 5.74) is 3.90. The molecule has 1 heterocycles. The quantitative estimate of drug-likeness (QED) is 0.561. The van der Waals surface area contributed by atoms with E-state index in [0.717, 1.165) is 11.3 Å². The summed E-state index contributed by atoms with van der Waals surface area (Å²) in [6.07, 6.45) is 1.40. The van der Waals surface area contributed by atoms with E-state index in [1.165, 1.54) is 6.20 Å². The summed E-state index contributed by atoms with van der Waals surface area (Å²) in [5.74, 6) is 0.672. The molecule has 0 unspecified atom stereocenters. The molecule has 18 heavy (non-hydrogen) atoms. The van der Waals surface area contributed by atoms with Crippen LogP contribution in [0.15, 0.2) is 46.4 Å². The van der Waals surface area contributed by atoms with E-state index < -0.39 is 5.69 Å². The predicted octanol–water partition coefficient (Wildman–Crippen LogP) is 1.31. The lowest BCUT2D eigenvalue weighted by molar-refractivity contribution is 0.475. The Kier molecular flexibility index (Phi) is 3.38. The molecule has 1 aromatic carbocycles. The fourth-order valence-electron chi connectivity index (χ4n) is 1.35. The molecule has 2 rings (SSSR count). The first-order valence-corrected chi connectivity index (χ1v) is 5.30. The lowest BCUT2D eigenvalue weighted by atomic mass is 10.1. The Labute approximate surface area is 103 Å². The van der Waals surface area contributed by atoms with E-state index >= 15 is 0 Å². The maximum atomic E-state index is 11.0. The van der Waals surface area contributed by atoms with Crippen LogP contribution in [-0.4, -0.2) is 20.8 Å². The minimum atomic E-state index is -0.433. The Morgan fingerprint density at radius 1 is 1.33 bits per heavy atom. The number of phenols is 1. The van der Waals surface area contributed by atoms with Crippen molar-refractivity contribution in [2.24, 2.45) is 5.10 Å². The van der Waals surface area contributed by atoms with Crippen molar-refractivity contribution < 1.29 is 5.11 Å². The van der Waals surface area contributed by atoms with Crippen molar-refractivity contribution in [3.8, 4) is 5.75 Å². The molecule has 0 fully saturated rings. The zero-order valence-corrected chi connectivity index (χ0v) is 9.71. The standard InChI is InChI=1S/C12H12N4O2/c1-8(9-2-4-10(17)5-3-9)15-16-11-6-7-13-12(18)14-11/h2-7,17H,1H3,(H2,13,14,16,18)/b15-8+. The Morgan fingerprint density at radius 2 is 2.06 bits per heavy atom. The molecule has 3 N–H and O–H groups in total. The zero-order valence-electron chi connectivity index (χ0n) is 9.71. The van der Waals surface area contributed by atoms with Crippen LogP contribution in [0.2, 0.25) is 0 Å². The number of hydrogen-bond donors (Lipinski definition) is 3. The van der Waals surface area contributed by atoms with Gasteiger partial charge in [0.15, 0.2) is 0 Å². The van der Waals surface area contributed by atoms with Crippen LogP contribution in [0.1, 0.15) is 12.5 Å². The highest BCUT2D eigenvalue weighted by atomic mass is 16.3. The normalized spacial score (nSPS) is 11.3. The van der Waals surface area contributed by atoms with Gasteiger partial charge in [-0.25, -0.2) is 9.78 Å². The molecule has 0 aliphatic heterocycles. The second kappa shape index (κ2) is 5.13. The van der Waals surface area contributed by atoms with Crippen LogP contribution in [0.25, 0.3) is 0 Å². The van der Waals surface area contributed by atoms with E-state index in [9.17, 15) is 9.90 Å². The van der Waals surface area contributed by atoms with E-state index in [-0.39, 0.29) is 5.75 Å². The van der Waals surface area contributed by atoms with Gasteiger partial charge in [-0.05, 0) is 42.8 Å². The molecule has 0 atom stereocenters. The highest BCUT2D eigenvalue weighted by molar-refractivity contribution is 5.99. The number of phenolic OH excluding ortho intramolecular Hbond substituents is 1. The summed E-state index contributed by atoms with van der Waals surface area (Å²) in [4.78, 5) is 17.0. The molecule has 0 spiro atoms. The van der Waals surface area contributed by atoms with Crippen LogP contribution in [0.5, 0.6) is 5.75 Å². The maximum Gasteiger partial charge on any atom is 0.346 e. The lowest BCUT2D eigenvalue weighted by Crippen LogP contribution is -2.11. The number of aromatic nitrogens is 2. The average molecular weight is 244 g/mol. The molecule has 0 radical (unpaired) electrons. The van der Waals surface area contributed by atoms with Gasteiger partial charge in [-0.1, -0.05) is 0 Å². The number of nitrogens with one attached hydrogen (secondary N) is 2. The number of hydrazone groups is 1. The average Bonchev–Trinajstić information content (AvgIpc) is 2.37. The van der Waals surface area contributed by atoms with Gasteiger partial charge in [0, 0.05) is 6.20 Å². The Morgan fingerprint density at radius 3 is 2.72 bits per heavy atom. The molecule has 0 aliphatic rings. The number of hydrogen-bond acceptors (Lipinski definition) is 5. The summed E-state index contributed by atoms with van der Waals surface area (Å²) in [6, 6.07) is 8.29. The van der Waals surface area contributed by atoms with E-state index in [0.29, 0.717) is 5.82 Å². The van der Waals surface area contributed by atoms with E-state index in [1.54, 1.807) is 30.3 Å². The van der Waals surface area contributed by atoms with Crippen LogP contribution < -0.4 is 11.1 Å². The summed E-state index contributed by atoms with van der Waals surface area (Å²) >= 11 is 0. The van der Waals surface area contributed by atoms with Crippen LogP contribution in [0.4, 0.5) is 5.82 Å². The van der Waals surface area contributed by atoms with Crippen molar-refractivity contribution in [3.05, 3.63) is 52.6 Å². The molecule has 6 nitrogen and oxygen atoms in total. The Balaban J connectivity index is 2.14. The highest BCUT2D eigenvalue weighted by Gasteiger charge is 1.97. The third-order valence-corrected chi connectivity index (χ3v) is 2.30. The second-order valence-corrected chi connectivity index (χ2v) is 3.64. The van der Waals surface area contributed by atoms with E-state index in [2.05, 4.69) is 20.5 Å². The van der Waals surface area contributed by atoms with Crippen LogP contribution in [-0.2, 0) is 0 Å². The smallest absolute Gasteiger partial charge is 0.346 e. The summed E-state index contributed by atoms with van der Waals surface area (Å²) < 4.78 is 0. The molecule has 0 bridgehead atoms. The number of benzene rings is 1. The van der Waals surface area contributed by atoms with Crippen molar-refractivity contribution in [3.63, 3.8) is 0 Å². The van der Waals surface area contributed by atoms with Crippen molar-refractivity contribution in [1.29, 1.82) is 0 Å². The number of aromatic hydroxyl groups is 1. The van der Waals surface area contributed by atoms with Gasteiger partial charge >= 0.3 is 5.69 Å². The monoisotopic (exact) mass is 244 g/mol. The number of anilines is 1. The molecule has 0 amide bonds. The number of rotatable bonds is 3. The third kappa shape index (κ3) is 2.94. The largest absolute Gasteiger partial charge is 0.508 e. The van der Waals surface area contributed by atoms with Crippen LogP contribution in [0, 0.1) is 0 Å². The number of H-pyrrole nitrogens is 1. The SMILES string of the molecule is C/C(=N\Nc1ccnc(=O)[nH]1)c1ccc(O)cc1. The minimum Gasteiger partial charge on any atom is -0.508 e. The fraction of sp³-hybridized carbons (Fsp3) is 0.0833. The summed E-state index contributed by atoms with van der Waals surface area (Å²) in [6.45, 7) is 1.82. The Hall–Kier alpha value is -2.63.